The standard InChI is InChI=1S/C16H18N2O3/c1-9(2)11-5-3-4-10-8-18(16(21)14(10)11)12-6-7-13(19)17-15(12)20/h3-5,9,12H,6-8H2,1-2H3,(H,17,19,20). The van der Waals surface area contributed by atoms with Crippen molar-refractivity contribution in [3.05, 3.63) is 34.9 Å². The fourth-order valence-corrected chi connectivity index (χ4v) is 3.12. The van der Waals surface area contributed by atoms with Crippen molar-refractivity contribution in [2.24, 2.45) is 0 Å². The minimum absolute atomic E-state index is 0.0937. The number of nitrogens with zero attached hydrogens (tertiary/aromatic N) is 1. The maximum atomic E-state index is 12.7. The number of imide groups is 1. The molecule has 2 aliphatic heterocycles. The Balaban J connectivity index is 1.92. The van der Waals surface area contributed by atoms with Crippen molar-refractivity contribution in [1.82, 2.24) is 10.2 Å². The van der Waals surface area contributed by atoms with Crippen LogP contribution in [0.5, 0.6) is 0 Å². The first-order valence-corrected chi connectivity index (χ1v) is 7.25. The zero-order chi connectivity index (χ0) is 15.1. The van der Waals surface area contributed by atoms with Crippen molar-refractivity contribution in [2.45, 2.75) is 45.2 Å². The predicted octanol–water partition coefficient (Wildman–Crippen LogP) is 1.57. The minimum atomic E-state index is -0.539. The molecule has 0 saturated carbocycles. The van der Waals surface area contributed by atoms with Gasteiger partial charge in [0.05, 0.1) is 0 Å². The number of hydrogen-bond acceptors (Lipinski definition) is 3. The van der Waals surface area contributed by atoms with Crippen LogP contribution in [0.15, 0.2) is 18.2 Å². The van der Waals surface area contributed by atoms with Crippen LogP contribution in [0.25, 0.3) is 0 Å². The number of fused-ring (bicyclic) bond motifs is 1. The zero-order valence-electron chi connectivity index (χ0n) is 12.2. The molecule has 2 heterocycles. The molecule has 3 rings (SSSR count). The van der Waals surface area contributed by atoms with Gasteiger partial charge in [0.15, 0.2) is 0 Å². The third-order valence-corrected chi connectivity index (χ3v) is 4.21. The summed E-state index contributed by atoms with van der Waals surface area (Å²) in [5.74, 6) is -0.462. The fourth-order valence-electron chi connectivity index (χ4n) is 3.12. The largest absolute Gasteiger partial charge is 0.322 e. The van der Waals surface area contributed by atoms with E-state index in [9.17, 15) is 14.4 Å². The van der Waals surface area contributed by atoms with E-state index in [4.69, 9.17) is 0 Å². The number of carbonyl (C=O) groups excluding carboxylic acids is 3. The van der Waals surface area contributed by atoms with E-state index < -0.39 is 6.04 Å². The maximum absolute atomic E-state index is 12.7. The third-order valence-electron chi connectivity index (χ3n) is 4.21. The Labute approximate surface area is 123 Å². The maximum Gasteiger partial charge on any atom is 0.255 e. The zero-order valence-corrected chi connectivity index (χ0v) is 12.2. The molecule has 1 unspecified atom stereocenters. The molecule has 0 spiro atoms. The highest BCUT2D eigenvalue weighted by Gasteiger charge is 2.40. The molecule has 5 heteroatoms. The topological polar surface area (TPSA) is 66.5 Å². The summed E-state index contributed by atoms with van der Waals surface area (Å²) in [6, 6.07) is 5.32. The molecular weight excluding hydrogens is 268 g/mol. The van der Waals surface area contributed by atoms with Gasteiger partial charge in [0.1, 0.15) is 6.04 Å². The molecule has 3 amide bonds. The number of hydrogen-bond donors (Lipinski definition) is 1. The fraction of sp³-hybridized carbons (Fsp3) is 0.438. The van der Waals surface area contributed by atoms with E-state index in [1.807, 2.05) is 18.2 Å². The molecule has 0 aromatic heterocycles. The highest BCUT2D eigenvalue weighted by molar-refractivity contribution is 6.06. The molecule has 2 aliphatic rings. The van der Waals surface area contributed by atoms with E-state index in [-0.39, 0.29) is 30.1 Å². The van der Waals surface area contributed by atoms with Gasteiger partial charge in [-0.3, -0.25) is 19.7 Å². The molecule has 0 bridgehead atoms. The van der Waals surface area contributed by atoms with Gasteiger partial charge in [-0.15, -0.1) is 0 Å². The van der Waals surface area contributed by atoms with E-state index in [1.54, 1.807) is 4.90 Å². The lowest BCUT2D eigenvalue weighted by Crippen LogP contribution is -2.52. The molecule has 1 aromatic carbocycles. The van der Waals surface area contributed by atoms with Gasteiger partial charge < -0.3 is 4.90 Å². The summed E-state index contributed by atoms with van der Waals surface area (Å²) in [5, 5.41) is 2.32. The van der Waals surface area contributed by atoms with E-state index in [0.29, 0.717) is 13.0 Å². The van der Waals surface area contributed by atoms with E-state index >= 15 is 0 Å². The van der Waals surface area contributed by atoms with Crippen LogP contribution in [0, 0.1) is 0 Å². The van der Waals surface area contributed by atoms with Crippen molar-refractivity contribution in [3.8, 4) is 0 Å². The quantitative estimate of drug-likeness (QED) is 0.839. The molecule has 5 nitrogen and oxygen atoms in total. The van der Waals surface area contributed by atoms with E-state index in [1.165, 1.54) is 0 Å². The second kappa shape index (κ2) is 4.98. The van der Waals surface area contributed by atoms with Crippen molar-refractivity contribution >= 4 is 17.7 Å². The van der Waals surface area contributed by atoms with Crippen LogP contribution in [0.1, 0.15) is 54.1 Å². The monoisotopic (exact) mass is 286 g/mol. The second-order valence-corrected chi connectivity index (χ2v) is 5.94. The van der Waals surface area contributed by atoms with Crippen LogP contribution in [-0.2, 0) is 16.1 Å². The highest BCUT2D eigenvalue weighted by Crippen LogP contribution is 2.32. The molecular formula is C16H18N2O3. The second-order valence-electron chi connectivity index (χ2n) is 5.94. The Morgan fingerprint density at radius 3 is 2.67 bits per heavy atom. The molecule has 0 aliphatic carbocycles. The van der Waals surface area contributed by atoms with Gasteiger partial charge in [0, 0.05) is 18.5 Å². The Morgan fingerprint density at radius 2 is 2.00 bits per heavy atom. The lowest BCUT2D eigenvalue weighted by atomic mass is 9.94. The molecule has 1 aromatic rings. The molecule has 110 valence electrons. The summed E-state index contributed by atoms with van der Waals surface area (Å²) >= 11 is 0. The first-order valence-electron chi connectivity index (χ1n) is 7.25. The summed E-state index contributed by atoms with van der Waals surface area (Å²) in [6.07, 6.45) is 0.689. The van der Waals surface area contributed by atoms with Crippen molar-refractivity contribution in [3.63, 3.8) is 0 Å². The lowest BCUT2D eigenvalue weighted by Gasteiger charge is -2.29. The Hall–Kier alpha value is -2.17. The van der Waals surface area contributed by atoms with Crippen LogP contribution in [-0.4, -0.2) is 28.7 Å². The van der Waals surface area contributed by atoms with Crippen LogP contribution in [0.3, 0.4) is 0 Å². The number of piperidine rings is 1. The summed E-state index contributed by atoms with van der Waals surface area (Å²) in [6.45, 7) is 4.55. The Kier molecular flexibility index (Phi) is 3.27. The Morgan fingerprint density at radius 1 is 1.24 bits per heavy atom. The normalized spacial score (nSPS) is 21.8. The van der Waals surface area contributed by atoms with Crippen molar-refractivity contribution in [1.29, 1.82) is 0 Å². The Bertz CT molecular complexity index is 636. The lowest BCUT2D eigenvalue weighted by molar-refractivity contribution is -0.136. The van der Waals surface area contributed by atoms with Crippen LogP contribution in [0.2, 0.25) is 0 Å². The van der Waals surface area contributed by atoms with Gasteiger partial charge >= 0.3 is 0 Å². The number of benzene rings is 1. The molecule has 1 fully saturated rings. The van der Waals surface area contributed by atoms with E-state index in [0.717, 1.165) is 16.7 Å². The van der Waals surface area contributed by atoms with Crippen LogP contribution in [0.4, 0.5) is 0 Å². The molecule has 21 heavy (non-hydrogen) atoms. The van der Waals surface area contributed by atoms with Gasteiger partial charge in [-0.25, -0.2) is 0 Å². The molecule has 0 radical (unpaired) electrons. The van der Waals surface area contributed by atoms with Crippen molar-refractivity contribution < 1.29 is 14.4 Å². The third kappa shape index (κ3) is 2.22. The smallest absolute Gasteiger partial charge is 0.255 e. The summed E-state index contributed by atoms with van der Waals surface area (Å²) in [4.78, 5) is 37.5. The number of rotatable bonds is 2. The minimum Gasteiger partial charge on any atom is -0.322 e. The molecule has 1 N–H and O–H groups in total. The number of nitrogens with one attached hydrogen (secondary N) is 1. The highest BCUT2D eigenvalue weighted by atomic mass is 16.2. The SMILES string of the molecule is CC(C)c1cccc2c1C(=O)N(C1CCC(=O)NC1=O)C2. The van der Waals surface area contributed by atoms with Crippen molar-refractivity contribution in [2.75, 3.05) is 0 Å². The number of amides is 3. The van der Waals surface area contributed by atoms with Gasteiger partial charge in [0.25, 0.3) is 5.91 Å². The van der Waals surface area contributed by atoms with Crippen LogP contribution < -0.4 is 5.32 Å². The van der Waals surface area contributed by atoms with Gasteiger partial charge in [-0.05, 0) is 23.5 Å². The number of carbonyl (C=O) groups is 3. The summed E-state index contributed by atoms with van der Waals surface area (Å²) < 4.78 is 0. The van der Waals surface area contributed by atoms with Gasteiger partial charge in [-0.1, -0.05) is 32.0 Å². The van der Waals surface area contributed by atoms with Gasteiger partial charge in [-0.2, -0.15) is 0 Å². The first kappa shape index (κ1) is 13.8. The average Bonchev–Trinajstić information content (AvgIpc) is 2.76. The van der Waals surface area contributed by atoms with Crippen LogP contribution >= 0.6 is 0 Å². The predicted molar refractivity (Wildman–Crippen MR) is 76.6 cm³/mol. The average molecular weight is 286 g/mol. The molecule has 1 saturated heterocycles. The van der Waals surface area contributed by atoms with Gasteiger partial charge in [0.2, 0.25) is 11.8 Å². The molecule has 1 atom stereocenters. The first-order chi connectivity index (χ1) is 9.99. The van der Waals surface area contributed by atoms with E-state index in [2.05, 4.69) is 19.2 Å². The summed E-state index contributed by atoms with van der Waals surface area (Å²) in [5.41, 5.74) is 2.72. The summed E-state index contributed by atoms with van der Waals surface area (Å²) in [7, 11) is 0.